The molecule has 0 atom stereocenters. The average molecular weight is 301 g/mol. The van der Waals surface area contributed by atoms with Gasteiger partial charge >= 0.3 is 5.97 Å². The van der Waals surface area contributed by atoms with Gasteiger partial charge in [0.25, 0.3) is 5.89 Å². The molecule has 0 saturated heterocycles. The van der Waals surface area contributed by atoms with E-state index in [1.54, 1.807) is 13.8 Å². The van der Waals surface area contributed by atoms with Crippen LogP contribution in [0.5, 0.6) is 0 Å². The van der Waals surface area contributed by atoms with Crippen LogP contribution in [0.1, 0.15) is 21.7 Å². The molecule has 2 aromatic heterocycles. The van der Waals surface area contributed by atoms with E-state index >= 15 is 0 Å². The molecule has 0 unspecified atom stereocenters. The first-order chi connectivity index (χ1) is 10.5. The highest BCUT2D eigenvalue weighted by Crippen LogP contribution is 2.31. The molecule has 0 aliphatic rings. The maximum atomic E-state index is 12.9. The Kier molecular flexibility index (Phi) is 3.25. The van der Waals surface area contributed by atoms with Gasteiger partial charge in [-0.05, 0) is 38.1 Å². The Morgan fingerprint density at radius 2 is 1.77 bits per heavy atom. The van der Waals surface area contributed by atoms with Gasteiger partial charge in [0.1, 0.15) is 5.82 Å². The lowest BCUT2D eigenvalue weighted by Crippen LogP contribution is -1.99. The highest BCUT2D eigenvalue weighted by molar-refractivity contribution is 5.97. The SMILES string of the molecule is Cc1[nH]c(C)c(-c2nnc(-c3ccc(F)cc3)o2)c1C(=O)O. The van der Waals surface area contributed by atoms with Crippen molar-refractivity contribution in [3.05, 3.63) is 47.0 Å². The second-order valence-electron chi connectivity index (χ2n) is 4.85. The van der Waals surface area contributed by atoms with E-state index in [4.69, 9.17) is 4.42 Å². The lowest BCUT2D eigenvalue weighted by Gasteiger charge is -1.97. The van der Waals surface area contributed by atoms with Gasteiger partial charge in [-0.2, -0.15) is 0 Å². The highest BCUT2D eigenvalue weighted by Gasteiger charge is 2.24. The van der Waals surface area contributed by atoms with Gasteiger partial charge in [0.15, 0.2) is 0 Å². The Balaban J connectivity index is 2.08. The van der Waals surface area contributed by atoms with Gasteiger partial charge in [-0.1, -0.05) is 0 Å². The fourth-order valence-corrected chi connectivity index (χ4v) is 2.35. The monoisotopic (exact) mass is 301 g/mol. The summed E-state index contributed by atoms with van der Waals surface area (Å²) in [6, 6.07) is 5.60. The number of nitrogens with zero attached hydrogens (tertiary/aromatic N) is 2. The van der Waals surface area contributed by atoms with Crippen LogP contribution in [0.3, 0.4) is 0 Å². The second-order valence-corrected chi connectivity index (χ2v) is 4.85. The van der Waals surface area contributed by atoms with Crippen LogP contribution < -0.4 is 0 Å². The van der Waals surface area contributed by atoms with Gasteiger partial charge in [-0.25, -0.2) is 9.18 Å². The Labute approximate surface area is 124 Å². The molecule has 0 bridgehead atoms. The number of rotatable bonds is 3. The van der Waals surface area contributed by atoms with Gasteiger partial charge in [-0.15, -0.1) is 10.2 Å². The van der Waals surface area contributed by atoms with E-state index in [0.29, 0.717) is 22.5 Å². The smallest absolute Gasteiger partial charge is 0.338 e. The molecule has 3 rings (SSSR count). The van der Waals surface area contributed by atoms with Gasteiger partial charge in [0, 0.05) is 17.0 Å². The van der Waals surface area contributed by atoms with Gasteiger partial charge in [0.05, 0.1) is 11.1 Å². The number of aromatic carboxylic acids is 1. The van der Waals surface area contributed by atoms with E-state index in [9.17, 15) is 14.3 Å². The third kappa shape index (κ3) is 2.26. The molecular formula is C15H12FN3O3. The summed E-state index contributed by atoms with van der Waals surface area (Å²) in [6.45, 7) is 3.40. The van der Waals surface area contributed by atoms with Crippen molar-refractivity contribution >= 4 is 5.97 Å². The number of aromatic nitrogens is 3. The number of hydrogen-bond acceptors (Lipinski definition) is 4. The third-order valence-corrected chi connectivity index (χ3v) is 3.32. The minimum atomic E-state index is -1.07. The van der Waals surface area contributed by atoms with E-state index in [1.807, 2.05) is 0 Å². The lowest BCUT2D eigenvalue weighted by atomic mass is 10.1. The number of nitrogens with one attached hydrogen (secondary N) is 1. The summed E-state index contributed by atoms with van der Waals surface area (Å²) in [4.78, 5) is 14.3. The molecule has 2 heterocycles. The van der Waals surface area contributed by atoms with Crippen molar-refractivity contribution in [2.24, 2.45) is 0 Å². The van der Waals surface area contributed by atoms with Crippen molar-refractivity contribution in [3.63, 3.8) is 0 Å². The van der Waals surface area contributed by atoms with Crippen LogP contribution in [-0.4, -0.2) is 26.3 Å². The van der Waals surface area contributed by atoms with Crippen molar-refractivity contribution in [1.29, 1.82) is 0 Å². The molecule has 7 heteroatoms. The molecule has 2 N–H and O–H groups in total. The van der Waals surface area contributed by atoms with Crippen LogP contribution >= 0.6 is 0 Å². The largest absolute Gasteiger partial charge is 0.478 e. The van der Waals surface area contributed by atoms with Crippen LogP contribution in [0, 0.1) is 19.7 Å². The number of hydrogen-bond donors (Lipinski definition) is 2. The molecule has 22 heavy (non-hydrogen) atoms. The van der Waals surface area contributed by atoms with Crippen LogP contribution in [0.2, 0.25) is 0 Å². The van der Waals surface area contributed by atoms with Gasteiger partial charge in [0.2, 0.25) is 5.89 Å². The van der Waals surface area contributed by atoms with Crippen molar-refractivity contribution < 1.29 is 18.7 Å². The minimum Gasteiger partial charge on any atom is -0.478 e. The van der Waals surface area contributed by atoms with Crippen molar-refractivity contribution in [2.75, 3.05) is 0 Å². The molecule has 0 saturated carbocycles. The van der Waals surface area contributed by atoms with Crippen LogP contribution in [0.15, 0.2) is 28.7 Å². The zero-order chi connectivity index (χ0) is 15.9. The number of carbonyl (C=O) groups is 1. The average Bonchev–Trinajstić information content (AvgIpc) is 3.03. The van der Waals surface area contributed by atoms with Gasteiger partial charge in [-0.3, -0.25) is 0 Å². The number of H-pyrrole nitrogens is 1. The van der Waals surface area contributed by atoms with Crippen molar-refractivity contribution in [3.8, 4) is 22.9 Å². The molecular weight excluding hydrogens is 289 g/mol. The van der Waals surface area contributed by atoms with E-state index in [0.717, 1.165) is 0 Å². The maximum absolute atomic E-state index is 12.9. The lowest BCUT2D eigenvalue weighted by molar-refractivity contribution is 0.0697. The summed E-state index contributed by atoms with van der Waals surface area (Å²) in [6.07, 6.45) is 0. The van der Waals surface area contributed by atoms with E-state index in [1.165, 1.54) is 24.3 Å². The number of aromatic amines is 1. The maximum Gasteiger partial charge on any atom is 0.338 e. The normalized spacial score (nSPS) is 10.9. The summed E-state index contributed by atoms with van der Waals surface area (Å²) in [7, 11) is 0. The fourth-order valence-electron chi connectivity index (χ4n) is 2.35. The topological polar surface area (TPSA) is 92.0 Å². The molecule has 0 aliphatic carbocycles. The Bertz CT molecular complexity index is 850. The summed E-state index contributed by atoms with van der Waals surface area (Å²) in [5, 5.41) is 17.1. The number of aryl methyl sites for hydroxylation is 2. The molecule has 1 aromatic carbocycles. The van der Waals surface area contributed by atoms with Crippen LogP contribution in [-0.2, 0) is 0 Å². The van der Waals surface area contributed by atoms with E-state index < -0.39 is 5.97 Å². The minimum absolute atomic E-state index is 0.104. The predicted octanol–water partition coefficient (Wildman–Crippen LogP) is 3.19. The number of benzene rings is 1. The molecule has 0 fully saturated rings. The van der Waals surface area contributed by atoms with Crippen molar-refractivity contribution in [2.45, 2.75) is 13.8 Å². The Morgan fingerprint density at radius 3 is 2.41 bits per heavy atom. The first kappa shape index (κ1) is 14.0. The number of carboxylic acid groups (broad SMARTS) is 1. The quantitative estimate of drug-likeness (QED) is 0.775. The fraction of sp³-hybridized carbons (Fsp3) is 0.133. The molecule has 0 aliphatic heterocycles. The first-order valence-electron chi connectivity index (χ1n) is 6.49. The molecule has 6 nitrogen and oxygen atoms in total. The van der Waals surface area contributed by atoms with E-state index in [2.05, 4.69) is 15.2 Å². The third-order valence-electron chi connectivity index (χ3n) is 3.32. The van der Waals surface area contributed by atoms with Crippen LogP contribution in [0.25, 0.3) is 22.9 Å². The highest BCUT2D eigenvalue weighted by atomic mass is 19.1. The zero-order valence-corrected chi connectivity index (χ0v) is 11.8. The summed E-state index contributed by atoms with van der Waals surface area (Å²) in [5.74, 6) is -1.13. The first-order valence-corrected chi connectivity index (χ1v) is 6.49. The number of halogens is 1. The predicted molar refractivity (Wildman–Crippen MR) is 75.9 cm³/mol. The Morgan fingerprint density at radius 1 is 1.14 bits per heavy atom. The standard InChI is InChI=1S/C15H12FN3O3/c1-7-11(12(15(20)21)8(2)17-7)14-19-18-13(22-14)9-3-5-10(16)6-4-9/h3-6,17H,1-2H3,(H,20,21). The molecule has 0 amide bonds. The molecule has 0 spiro atoms. The Hall–Kier alpha value is -2.96. The summed E-state index contributed by atoms with van der Waals surface area (Å²) >= 11 is 0. The van der Waals surface area contributed by atoms with Crippen LogP contribution in [0.4, 0.5) is 4.39 Å². The second kappa shape index (κ2) is 5.10. The zero-order valence-electron chi connectivity index (χ0n) is 11.8. The summed E-state index contributed by atoms with van der Waals surface area (Å²) in [5.41, 5.74) is 2.17. The molecule has 3 aromatic rings. The number of carboxylic acids is 1. The molecule has 0 radical (unpaired) electrons. The van der Waals surface area contributed by atoms with Gasteiger partial charge < -0.3 is 14.5 Å². The summed E-state index contributed by atoms with van der Waals surface area (Å²) < 4.78 is 18.5. The van der Waals surface area contributed by atoms with Crippen molar-refractivity contribution in [1.82, 2.24) is 15.2 Å². The van der Waals surface area contributed by atoms with E-state index in [-0.39, 0.29) is 23.2 Å². The molecule has 112 valence electrons.